The molecule has 1 saturated heterocycles. The van der Waals surface area contributed by atoms with Crippen LogP contribution < -0.4 is 5.32 Å². The number of likely N-dealkylation sites (tertiary alicyclic amines) is 1. The topological polar surface area (TPSA) is 46.1 Å². The molecule has 0 aromatic rings. The van der Waals surface area contributed by atoms with Crippen molar-refractivity contribution in [3.8, 4) is 0 Å². The van der Waals surface area contributed by atoms with Crippen LogP contribution in [0.4, 0.5) is 0 Å². The monoisotopic (exact) mass is 325 g/mol. The van der Waals surface area contributed by atoms with Gasteiger partial charge in [0.25, 0.3) is 0 Å². The van der Waals surface area contributed by atoms with E-state index < -0.39 is 0 Å². The highest BCUT2D eigenvalue weighted by molar-refractivity contribution is 5.80. The highest BCUT2D eigenvalue weighted by Gasteiger charge is 2.43. The van der Waals surface area contributed by atoms with Crippen molar-refractivity contribution in [2.75, 3.05) is 52.6 Å². The molecule has 0 radical (unpaired) electrons. The smallest absolute Gasteiger partial charge is 0.194 e. The molecule has 1 aliphatic carbocycles. The molecule has 2 fully saturated rings. The predicted octanol–water partition coefficient (Wildman–Crippen LogP) is 2.66. The van der Waals surface area contributed by atoms with Gasteiger partial charge in [-0.25, -0.2) is 0 Å². The molecule has 1 spiro atoms. The maximum absolute atomic E-state index is 5.60. The van der Waals surface area contributed by atoms with E-state index in [-0.39, 0.29) is 0 Å². The average Bonchev–Trinajstić information content (AvgIpc) is 2.98. The highest BCUT2D eigenvalue weighted by atomic mass is 16.5. The van der Waals surface area contributed by atoms with Crippen LogP contribution in [0.3, 0.4) is 0 Å². The van der Waals surface area contributed by atoms with Crippen LogP contribution in [0.2, 0.25) is 0 Å². The summed E-state index contributed by atoms with van der Waals surface area (Å²) < 4.78 is 11.1. The molecule has 1 N–H and O–H groups in total. The fraction of sp³-hybridized carbons (Fsp3) is 0.944. The zero-order valence-electron chi connectivity index (χ0n) is 15.1. The molecular weight excluding hydrogens is 290 g/mol. The first-order valence-corrected chi connectivity index (χ1v) is 9.48. The number of unbranched alkanes of at least 4 members (excludes halogenated alkanes) is 1. The van der Waals surface area contributed by atoms with E-state index in [0.29, 0.717) is 25.2 Å². The van der Waals surface area contributed by atoms with E-state index in [9.17, 15) is 0 Å². The molecule has 0 unspecified atom stereocenters. The van der Waals surface area contributed by atoms with E-state index in [1.807, 2.05) is 0 Å². The van der Waals surface area contributed by atoms with Gasteiger partial charge in [0.05, 0.1) is 26.4 Å². The Morgan fingerprint density at radius 2 is 1.87 bits per heavy atom. The number of nitrogens with one attached hydrogen (secondary N) is 1. The van der Waals surface area contributed by atoms with Crippen molar-refractivity contribution < 1.29 is 9.47 Å². The van der Waals surface area contributed by atoms with Gasteiger partial charge in [-0.3, -0.25) is 4.99 Å². The minimum absolute atomic E-state index is 0.614. The van der Waals surface area contributed by atoms with Gasteiger partial charge < -0.3 is 19.7 Å². The lowest BCUT2D eigenvalue weighted by molar-refractivity contribution is 0.0497. The first kappa shape index (κ1) is 18.5. The van der Waals surface area contributed by atoms with Gasteiger partial charge >= 0.3 is 0 Å². The van der Waals surface area contributed by atoms with E-state index in [0.717, 1.165) is 38.6 Å². The van der Waals surface area contributed by atoms with Crippen molar-refractivity contribution >= 4 is 5.96 Å². The zero-order valence-corrected chi connectivity index (χ0v) is 15.1. The summed E-state index contributed by atoms with van der Waals surface area (Å²) in [5, 5.41) is 3.43. The Bertz CT molecular complexity index is 356. The number of hydrogen-bond donors (Lipinski definition) is 1. The molecule has 5 heteroatoms. The minimum atomic E-state index is 0.614. The molecule has 134 valence electrons. The van der Waals surface area contributed by atoms with Gasteiger partial charge in [0.1, 0.15) is 0 Å². The van der Waals surface area contributed by atoms with Gasteiger partial charge in [0.2, 0.25) is 0 Å². The van der Waals surface area contributed by atoms with Crippen LogP contribution in [0.15, 0.2) is 4.99 Å². The number of aliphatic imine (C=N–C) groups is 1. The lowest BCUT2D eigenvalue weighted by atomic mass is 9.68. The van der Waals surface area contributed by atoms with Crippen molar-refractivity contribution in [1.29, 1.82) is 0 Å². The van der Waals surface area contributed by atoms with Crippen molar-refractivity contribution in [2.45, 2.75) is 52.4 Å². The molecule has 0 amide bonds. The largest absolute Gasteiger partial charge is 0.379 e. The van der Waals surface area contributed by atoms with Crippen molar-refractivity contribution in [3.63, 3.8) is 0 Å². The lowest BCUT2D eigenvalue weighted by Gasteiger charge is -2.38. The molecule has 2 rings (SSSR count). The van der Waals surface area contributed by atoms with Crippen LogP contribution in [0.25, 0.3) is 0 Å². The summed E-state index contributed by atoms with van der Waals surface area (Å²) in [6, 6.07) is 0. The van der Waals surface area contributed by atoms with Gasteiger partial charge in [0.15, 0.2) is 5.96 Å². The van der Waals surface area contributed by atoms with Crippen LogP contribution >= 0.6 is 0 Å². The number of guanidine groups is 1. The predicted molar refractivity (Wildman–Crippen MR) is 95.0 cm³/mol. The molecule has 0 bridgehead atoms. The summed E-state index contributed by atoms with van der Waals surface area (Å²) in [7, 11) is 0. The van der Waals surface area contributed by atoms with Crippen LogP contribution in [0.1, 0.15) is 52.4 Å². The van der Waals surface area contributed by atoms with E-state index in [1.165, 1.54) is 38.6 Å². The molecule has 1 aliphatic heterocycles. The fourth-order valence-corrected chi connectivity index (χ4v) is 3.41. The van der Waals surface area contributed by atoms with Crippen LogP contribution in [-0.2, 0) is 9.47 Å². The normalized spacial score (nSPS) is 20.1. The van der Waals surface area contributed by atoms with Crippen LogP contribution in [-0.4, -0.2) is 63.5 Å². The van der Waals surface area contributed by atoms with Crippen LogP contribution in [0, 0.1) is 5.41 Å². The molecule has 2 aliphatic rings. The Balaban J connectivity index is 1.60. The molecular formula is C18H35N3O2. The number of rotatable bonds is 10. The summed E-state index contributed by atoms with van der Waals surface area (Å²) in [5.41, 5.74) is 0.614. The number of ether oxygens (including phenoxy) is 2. The number of nitrogens with zero attached hydrogens (tertiary/aromatic N) is 2. The molecule has 23 heavy (non-hydrogen) atoms. The minimum Gasteiger partial charge on any atom is -0.379 e. The zero-order chi connectivity index (χ0) is 16.4. The SMILES string of the molecule is CCCCOCCOCCN=C(NCC)N1CCC2(CCC2)C1. The summed E-state index contributed by atoms with van der Waals surface area (Å²) in [6.07, 6.45) is 7.88. The molecule has 0 aromatic heterocycles. The van der Waals surface area contributed by atoms with Crippen molar-refractivity contribution in [3.05, 3.63) is 0 Å². The Kier molecular flexibility index (Phi) is 8.17. The van der Waals surface area contributed by atoms with Crippen LogP contribution in [0.5, 0.6) is 0 Å². The van der Waals surface area contributed by atoms with E-state index in [4.69, 9.17) is 14.5 Å². The van der Waals surface area contributed by atoms with Gasteiger partial charge in [-0.1, -0.05) is 19.8 Å². The maximum Gasteiger partial charge on any atom is 0.194 e. The van der Waals surface area contributed by atoms with Crippen molar-refractivity contribution in [2.24, 2.45) is 10.4 Å². The maximum atomic E-state index is 5.60. The standard InChI is InChI=1S/C18H35N3O2/c1-3-5-12-22-14-15-23-13-10-20-17(19-4-2)21-11-9-18(16-21)7-6-8-18/h3-16H2,1-2H3,(H,19,20). The van der Waals surface area contributed by atoms with Crippen molar-refractivity contribution in [1.82, 2.24) is 10.2 Å². The van der Waals surface area contributed by atoms with Gasteiger partial charge in [-0.05, 0) is 38.0 Å². The summed E-state index contributed by atoms with van der Waals surface area (Å²) in [5.74, 6) is 1.07. The highest BCUT2D eigenvalue weighted by Crippen LogP contribution is 2.47. The van der Waals surface area contributed by atoms with Gasteiger partial charge in [-0.15, -0.1) is 0 Å². The summed E-state index contributed by atoms with van der Waals surface area (Å²) in [6.45, 7) is 11.2. The summed E-state index contributed by atoms with van der Waals surface area (Å²) in [4.78, 5) is 7.17. The molecule has 1 heterocycles. The number of hydrogen-bond acceptors (Lipinski definition) is 3. The first-order valence-electron chi connectivity index (χ1n) is 9.48. The van der Waals surface area contributed by atoms with E-state index >= 15 is 0 Å². The quantitative estimate of drug-likeness (QED) is 0.381. The third kappa shape index (κ3) is 5.96. The Labute approximate surface area is 141 Å². The Morgan fingerprint density at radius 1 is 1.09 bits per heavy atom. The summed E-state index contributed by atoms with van der Waals surface area (Å²) >= 11 is 0. The van der Waals surface area contributed by atoms with E-state index in [1.54, 1.807) is 0 Å². The second-order valence-electron chi connectivity index (χ2n) is 6.84. The Hall–Kier alpha value is -0.810. The second kappa shape index (κ2) is 10.1. The average molecular weight is 325 g/mol. The lowest BCUT2D eigenvalue weighted by Crippen LogP contribution is -2.42. The molecule has 1 saturated carbocycles. The molecule has 0 aromatic carbocycles. The van der Waals surface area contributed by atoms with Gasteiger partial charge in [-0.2, -0.15) is 0 Å². The fourth-order valence-electron chi connectivity index (χ4n) is 3.41. The molecule has 5 nitrogen and oxygen atoms in total. The van der Waals surface area contributed by atoms with E-state index in [2.05, 4.69) is 24.1 Å². The Morgan fingerprint density at radius 3 is 2.48 bits per heavy atom. The third-order valence-corrected chi connectivity index (χ3v) is 5.00. The van der Waals surface area contributed by atoms with Gasteiger partial charge in [0, 0.05) is 26.2 Å². The molecule has 0 atom stereocenters. The second-order valence-corrected chi connectivity index (χ2v) is 6.84. The third-order valence-electron chi connectivity index (χ3n) is 5.00. The first-order chi connectivity index (χ1) is 11.3.